The number of halogens is 2. The van der Waals surface area contributed by atoms with E-state index in [0.29, 0.717) is 29.4 Å². The third kappa shape index (κ3) is 5.06. The van der Waals surface area contributed by atoms with Gasteiger partial charge in [0.1, 0.15) is 11.6 Å². The smallest absolute Gasteiger partial charge is 0.213 e. The molecule has 0 saturated heterocycles. The molecule has 0 aliphatic rings. The van der Waals surface area contributed by atoms with Crippen molar-refractivity contribution in [3.63, 3.8) is 0 Å². The fourth-order valence-corrected chi connectivity index (χ4v) is 2.20. The second kappa shape index (κ2) is 7.79. The van der Waals surface area contributed by atoms with E-state index in [-0.39, 0.29) is 11.2 Å². The summed E-state index contributed by atoms with van der Waals surface area (Å²) in [7, 11) is 1.67. The van der Waals surface area contributed by atoms with E-state index >= 15 is 0 Å². The van der Waals surface area contributed by atoms with Gasteiger partial charge in [-0.05, 0) is 33.6 Å². The first kappa shape index (κ1) is 18.4. The maximum absolute atomic E-state index is 13.5. The first-order valence-corrected chi connectivity index (χ1v) is 8.42. The van der Waals surface area contributed by atoms with Crippen molar-refractivity contribution in [1.82, 2.24) is 15.6 Å². The summed E-state index contributed by atoms with van der Waals surface area (Å²) in [6.07, 6.45) is 1.75. The minimum absolute atomic E-state index is 0.0726. The number of nitrogens with one attached hydrogen (secondary N) is 2. The van der Waals surface area contributed by atoms with Gasteiger partial charge < -0.3 is 15.1 Å². The number of hydrogen-bond donors (Lipinski definition) is 2. The average Bonchev–Trinajstić information content (AvgIpc) is 3.00. The van der Waals surface area contributed by atoms with Crippen LogP contribution in [0.25, 0.3) is 0 Å². The second-order valence-electron chi connectivity index (χ2n) is 6.40. The molecule has 0 saturated carbocycles. The zero-order chi connectivity index (χ0) is 17.7. The molecule has 1 aromatic carbocycles. The lowest BCUT2D eigenvalue weighted by Gasteiger charge is -2.13. The third-order valence-corrected chi connectivity index (χ3v) is 4.01. The Hall–Kier alpha value is -1.89. The lowest BCUT2D eigenvalue weighted by molar-refractivity contribution is 0.379. The van der Waals surface area contributed by atoms with E-state index in [2.05, 4.69) is 57.3 Å². The summed E-state index contributed by atoms with van der Waals surface area (Å²) in [5.41, 5.74) is 0.751. The number of guanidine groups is 1. The summed E-state index contributed by atoms with van der Waals surface area (Å²) in [5.74, 6) is 1.74. The van der Waals surface area contributed by atoms with Gasteiger partial charge in [-0.1, -0.05) is 26.8 Å². The molecule has 0 unspecified atom stereocenters. The molecule has 5 nitrogen and oxygen atoms in total. The van der Waals surface area contributed by atoms with Gasteiger partial charge in [0.2, 0.25) is 5.89 Å². The molecule has 2 N–H and O–H groups in total. The van der Waals surface area contributed by atoms with Crippen molar-refractivity contribution < 1.29 is 8.81 Å². The van der Waals surface area contributed by atoms with Gasteiger partial charge in [0.25, 0.3) is 0 Å². The van der Waals surface area contributed by atoms with Gasteiger partial charge in [0, 0.05) is 19.0 Å². The summed E-state index contributed by atoms with van der Waals surface area (Å²) < 4.78 is 19.7. The van der Waals surface area contributed by atoms with Crippen LogP contribution in [0.15, 0.2) is 38.3 Å². The molecule has 0 amide bonds. The molecule has 2 aromatic rings. The van der Waals surface area contributed by atoms with Crippen LogP contribution in [0.3, 0.4) is 0 Å². The number of hydrogen-bond acceptors (Lipinski definition) is 3. The van der Waals surface area contributed by atoms with Gasteiger partial charge in [-0.25, -0.2) is 9.37 Å². The minimum Gasteiger partial charge on any atom is -0.443 e. The fraction of sp³-hybridized carbons (Fsp3) is 0.412. The first-order valence-electron chi connectivity index (χ1n) is 7.63. The standard InChI is InChI=1S/C17H22BrFN4O/c1-17(2,3)14-9-21-15(24-14)10-23-16(20-4)22-8-11-5-6-12(18)13(19)7-11/h5-7,9H,8,10H2,1-4H3,(H2,20,22,23). The van der Waals surface area contributed by atoms with Gasteiger partial charge in [0.15, 0.2) is 5.96 Å². The van der Waals surface area contributed by atoms with Crippen LogP contribution in [-0.4, -0.2) is 18.0 Å². The predicted molar refractivity (Wildman–Crippen MR) is 96.3 cm³/mol. The Labute approximate surface area is 149 Å². The van der Waals surface area contributed by atoms with E-state index in [1.807, 2.05) is 6.07 Å². The van der Waals surface area contributed by atoms with Crippen molar-refractivity contribution in [3.05, 3.63) is 51.9 Å². The number of nitrogens with zero attached hydrogens (tertiary/aromatic N) is 2. The Balaban J connectivity index is 1.88. The molecule has 1 heterocycles. The lowest BCUT2D eigenvalue weighted by atomic mass is 9.94. The minimum atomic E-state index is -0.285. The van der Waals surface area contributed by atoms with Crippen LogP contribution in [-0.2, 0) is 18.5 Å². The summed E-state index contributed by atoms with van der Waals surface area (Å²) >= 11 is 3.14. The van der Waals surface area contributed by atoms with E-state index in [9.17, 15) is 4.39 Å². The van der Waals surface area contributed by atoms with Crippen LogP contribution in [0.1, 0.15) is 38.0 Å². The largest absolute Gasteiger partial charge is 0.443 e. The van der Waals surface area contributed by atoms with Gasteiger partial charge in [-0.3, -0.25) is 4.99 Å². The molecule has 0 aliphatic carbocycles. The highest BCUT2D eigenvalue weighted by molar-refractivity contribution is 9.10. The SMILES string of the molecule is CN=C(NCc1ccc(Br)c(F)c1)NCc1ncc(C(C)(C)C)o1. The van der Waals surface area contributed by atoms with Crippen LogP contribution < -0.4 is 10.6 Å². The van der Waals surface area contributed by atoms with E-state index in [0.717, 1.165) is 11.3 Å². The third-order valence-electron chi connectivity index (χ3n) is 3.37. The molecule has 0 atom stereocenters. The van der Waals surface area contributed by atoms with Gasteiger partial charge in [-0.15, -0.1) is 0 Å². The highest BCUT2D eigenvalue weighted by Gasteiger charge is 2.19. The quantitative estimate of drug-likeness (QED) is 0.610. The molecule has 0 radical (unpaired) electrons. The second-order valence-corrected chi connectivity index (χ2v) is 7.25. The molecule has 130 valence electrons. The van der Waals surface area contributed by atoms with Crippen molar-refractivity contribution in [3.8, 4) is 0 Å². The van der Waals surface area contributed by atoms with Crippen molar-refractivity contribution in [2.24, 2.45) is 4.99 Å². The molecule has 0 fully saturated rings. The average molecular weight is 397 g/mol. The Morgan fingerprint density at radius 2 is 2.00 bits per heavy atom. The van der Waals surface area contributed by atoms with Crippen molar-refractivity contribution in [1.29, 1.82) is 0 Å². The van der Waals surface area contributed by atoms with Gasteiger partial charge >= 0.3 is 0 Å². The maximum atomic E-state index is 13.5. The highest BCUT2D eigenvalue weighted by atomic mass is 79.9. The van der Waals surface area contributed by atoms with E-state index < -0.39 is 0 Å². The molecule has 0 spiro atoms. The summed E-state index contributed by atoms with van der Waals surface area (Å²) in [6.45, 7) is 7.10. The summed E-state index contributed by atoms with van der Waals surface area (Å²) in [5, 5.41) is 6.25. The highest BCUT2D eigenvalue weighted by Crippen LogP contribution is 2.22. The molecule has 2 rings (SSSR count). The van der Waals surface area contributed by atoms with E-state index in [1.165, 1.54) is 6.07 Å². The van der Waals surface area contributed by atoms with E-state index in [1.54, 1.807) is 19.3 Å². The van der Waals surface area contributed by atoms with Crippen LogP contribution in [0.4, 0.5) is 4.39 Å². The number of oxazole rings is 1. The van der Waals surface area contributed by atoms with Crippen molar-refractivity contribution in [2.45, 2.75) is 39.3 Å². The zero-order valence-electron chi connectivity index (χ0n) is 14.3. The van der Waals surface area contributed by atoms with Crippen LogP contribution in [0.5, 0.6) is 0 Å². The Morgan fingerprint density at radius 3 is 2.58 bits per heavy atom. The number of aromatic nitrogens is 1. The number of rotatable bonds is 4. The lowest BCUT2D eigenvalue weighted by Crippen LogP contribution is -2.36. The van der Waals surface area contributed by atoms with Crippen molar-refractivity contribution in [2.75, 3.05) is 7.05 Å². The molecule has 0 aliphatic heterocycles. The summed E-state index contributed by atoms with van der Waals surface area (Å²) in [4.78, 5) is 8.40. The molecule has 1 aromatic heterocycles. The normalized spacial score (nSPS) is 12.3. The topological polar surface area (TPSA) is 62.5 Å². The molecule has 7 heteroatoms. The monoisotopic (exact) mass is 396 g/mol. The fourth-order valence-electron chi connectivity index (χ4n) is 1.95. The molecular weight excluding hydrogens is 375 g/mol. The predicted octanol–water partition coefficient (Wildman–Crippen LogP) is 3.74. The molecule has 24 heavy (non-hydrogen) atoms. The molecular formula is C17H22BrFN4O. The molecule has 0 bridgehead atoms. The summed E-state index contributed by atoms with van der Waals surface area (Å²) in [6, 6.07) is 5.01. The van der Waals surface area contributed by atoms with E-state index in [4.69, 9.17) is 4.42 Å². The zero-order valence-corrected chi connectivity index (χ0v) is 15.9. The van der Waals surface area contributed by atoms with Crippen LogP contribution in [0, 0.1) is 5.82 Å². The Morgan fingerprint density at radius 1 is 1.29 bits per heavy atom. The van der Waals surface area contributed by atoms with Gasteiger partial charge in [0.05, 0.1) is 17.2 Å². The maximum Gasteiger partial charge on any atom is 0.213 e. The van der Waals surface area contributed by atoms with Gasteiger partial charge in [-0.2, -0.15) is 0 Å². The van der Waals surface area contributed by atoms with Crippen molar-refractivity contribution >= 4 is 21.9 Å². The van der Waals surface area contributed by atoms with Crippen LogP contribution >= 0.6 is 15.9 Å². The first-order chi connectivity index (χ1) is 11.3. The Kier molecular flexibility index (Phi) is 5.99. The number of benzene rings is 1. The number of aliphatic imine (C=N–C) groups is 1. The van der Waals surface area contributed by atoms with Crippen LogP contribution in [0.2, 0.25) is 0 Å². The Bertz CT molecular complexity index is 722.